The van der Waals surface area contributed by atoms with Gasteiger partial charge in [-0.2, -0.15) is 0 Å². The lowest BCUT2D eigenvalue weighted by Crippen LogP contribution is -2.30. The van der Waals surface area contributed by atoms with Gasteiger partial charge in [0.15, 0.2) is 12.2 Å². The number of esters is 4. The quantitative estimate of drug-likeness (QED) is 0.0222. The van der Waals surface area contributed by atoms with E-state index in [0.29, 0.717) is 37.5 Å². The molecule has 0 amide bonds. The summed E-state index contributed by atoms with van der Waals surface area (Å²) in [5, 5.41) is 10.6. The Labute approximate surface area is 581 Å². The molecule has 95 heavy (non-hydrogen) atoms. The van der Waals surface area contributed by atoms with Gasteiger partial charge < -0.3 is 33.8 Å². The van der Waals surface area contributed by atoms with Crippen molar-refractivity contribution in [3.05, 3.63) is 0 Å². The van der Waals surface area contributed by atoms with Gasteiger partial charge in [-0.25, -0.2) is 9.13 Å². The smallest absolute Gasteiger partial charge is 0.462 e. The fourth-order valence-corrected chi connectivity index (χ4v) is 13.1. The lowest BCUT2D eigenvalue weighted by Gasteiger charge is -2.21. The van der Waals surface area contributed by atoms with Crippen LogP contribution in [0.15, 0.2) is 0 Å². The third-order valence-corrected chi connectivity index (χ3v) is 19.8. The SMILES string of the molecule is CCC(C)CCCCCCCCCCCCC(=O)O[C@H](COC(=O)CCCCCCCCCC(C)C)COP(=O)(O)OCC(O)COP(=O)(O)OC[C@@H](COC(=O)CCCCCCCCCC(C)C)OC(=O)CCCCCCCCCCCCCCCCCCCCC(C)C. The van der Waals surface area contributed by atoms with Gasteiger partial charge in [-0.3, -0.25) is 37.3 Å². The first-order valence-corrected chi connectivity index (χ1v) is 42.2. The van der Waals surface area contributed by atoms with Crippen molar-refractivity contribution in [2.45, 2.75) is 401 Å². The molecule has 0 fully saturated rings. The highest BCUT2D eigenvalue weighted by Crippen LogP contribution is 2.45. The Bertz CT molecular complexity index is 1870. The van der Waals surface area contributed by atoms with Crippen LogP contribution in [0.1, 0.15) is 383 Å². The summed E-state index contributed by atoms with van der Waals surface area (Å²) in [7, 11) is -9.91. The normalized spacial score (nSPS) is 14.4. The number of ether oxygens (including phenoxy) is 4. The maximum absolute atomic E-state index is 13.1. The first-order chi connectivity index (χ1) is 45.6. The molecule has 0 saturated heterocycles. The Hall–Kier alpha value is -1.94. The van der Waals surface area contributed by atoms with E-state index in [1.165, 1.54) is 173 Å². The Morgan fingerprint density at radius 2 is 0.505 bits per heavy atom. The summed E-state index contributed by atoms with van der Waals surface area (Å²) >= 11 is 0. The monoisotopic (exact) mass is 1400 g/mol. The minimum absolute atomic E-state index is 0.105. The van der Waals surface area contributed by atoms with Crippen LogP contribution in [0.3, 0.4) is 0 Å². The molecule has 0 rings (SSSR count). The molecule has 0 aliphatic heterocycles. The molecule has 17 nitrogen and oxygen atoms in total. The number of unbranched alkanes of at least 4 members (excludes halogenated alkanes) is 38. The van der Waals surface area contributed by atoms with Crippen molar-refractivity contribution < 1.29 is 80.2 Å². The van der Waals surface area contributed by atoms with E-state index in [-0.39, 0.29) is 25.7 Å². The predicted octanol–water partition coefficient (Wildman–Crippen LogP) is 22.0. The van der Waals surface area contributed by atoms with E-state index >= 15 is 0 Å². The van der Waals surface area contributed by atoms with E-state index in [2.05, 4.69) is 55.4 Å². The fourth-order valence-electron chi connectivity index (χ4n) is 11.5. The van der Waals surface area contributed by atoms with E-state index in [4.69, 9.17) is 37.0 Å². The molecule has 0 radical (unpaired) electrons. The predicted molar refractivity (Wildman–Crippen MR) is 386 cm³/mol. The molecule has 0 aliphatic rings. The molecule has 0 aromatic carbocycles. The van der Waals surface area contributed by atoms with Gasteiger partial charge in [0, 0.05) is 25.7 Å². The Kier molecular flexibility index (Phi) is 64.0. The van der Waals surface area contributed by atoms with Crippen LogP contribution in [0.4, 0.5) is 0 Å². The van der Waals surface area contributed by atoms with Gasteiger partial charge in [-0.1, -0.05) is 331 Å². The van der Waals surface area contributed by atoms with Crippen molar-refractivity contribution >= 4 is 39.5 Å². The number of hydrogen-bond donors (Lipinski definition) is 3. The lowest BCUT2D eigenvalue weighted by atomic mass is 9.99. The Morgan fingerprint density at radius 3 is 0.747 bits per heavy atom. The van der Waals surface area contributed by atoms with Crippen molar-refractivity contribution in [3.63, 3.8) is 0 Å². The number of carbonyl (C=O) groups excluding carboxylic acids is 4. The molecule has 0 heterocycles. The summed E-state index contributed by atoms with van der Waals surface area (Å²) in [5.41, 5.74) is 0. The highest BCUT2D eigenvalue weighted by Gasteiger charge is 2.30. The molecule has 0 bridgehead atoms. The molecule has 0 aliphatic carbocycles. The number of aliphatic hydroxyl groups excluding tert-OH is 1. The summed E-state index contributed by atoms with van der Waals surface area (Å²) in [5.74, 6) is 0.909. The molecule has 0 saturated carbocycles. The molecule has 564 valence electrons. The molecule has 3 N–H and O–H groups in total. The first kappa shape index (κ1) is 93.1. The molecular formula is C76H148O17P2. The number of rotatable bonds is 73. The molecule has 0 aromatic heterocycles. The second-order valence-electron chi connectivity index (χ2n) is 29.1. The fraction of sp³-hybridized carbons (Fsp3) is 0.947. The summed E-state index contributed by atoms with van der Waals surface area (Å²) < 4.78 is 68.5. The molecule has 0 spiro atoms. The van der Waals surface area contributed by atoms with E-state index in [1.54, 1.807) is 0 Å². The van der Waals surface area contributed by atoms with Crippen molar-refractivity contribution in [3.8, 4) is 0 Å². The summed E-state index contributed by atoms with van der Waals surface area (Å²) in [6.07, 6.45) is 50.2. The number of aliphatic hydroxyl groups is 1. The number of carbonyl (C=O) groups is 4. The topological polar surface area (TPSA) is 237 Å². The van der Waals surface area contributed by atoms with Crippen LogP contribution in [-0.2, 0) is 65.4 Å². The maximum atomic E-state index is 13.1. The van der Waals surface area contributed by atoms with Crippen LogP contribution in [-0.4, -0.2) is 96.7 Å². The van der Waals surface area contributed by atoms with Gasteiger partial charge >= 0.3 is 39.5 Å². The standard InChI is InChI=1S/C76H148O17P2/c1-9-69(8)55-47-39-31-23-20-21-25-33-43-51-59-76(81)93-72(63-87-74(79)57-49-41-35-27-30-38-46-54-68(6)7)65-91-95(84,85)89-61-70(77)60-88-94(82,83)90-64-71(62-86-73(78)56-48-40-34-26-29-37-45-53-67(4)5)92-75(80)58-50-42-32-24-19-17-15-13-11-10-12-14-16-18-22-28-36-44-52-66(2)3/h66-72,77H,9-65H2,1-8H3,(H,82,83)(H,84,85)/t69?,70?,71-,72-/m1/s1. The van der Waals surface area contributed by atoms with Crippen LogP contribution in [0.2, 0.25) is 0 Å². The zero-order valence-corrected chi connectivity index (χ0v) is 64.1. The molecular weight excluding hydrogens is 1250 g/mol. The Morgan fingerprint density at radius 1 is 0.295 bits per heavy atom. The molecule has 19 heteroatoms. The van der Waals surface area contributed by atoms with E-state index in [1.807, 2.05) is 0 Å². The molecule has 6 atom stereocenters. The van der Waals surface area contributed by atoms with Crippen molar-refractivity contribution in [2.75, 3.05) is 39.6 Å². The average molecular weight is 1400 g/mol. The summed E-state index contributed by atoms with van der Waals surface area (Å²) in [4.78, 5) is 72.7. The highest BCUT2D eigenvalue weighted by molar-refractivity contribution is 7.47. The van der Waals surface area contributed by atoms with Gasteiger partial charge in [0.05, 0.1) is 26.4 Å². The summed E-state index contributed by atoms with van der Waals surface area (Å²) in [6.45, 7) is 14.1. The zero-order chi connectivity index (χ0) is 70.3. The maximum Gasteiger partial charge on any atom is 0.472 e. The van der Waals surface area contributed by atoms with Crippen LogP contribution >= 0.6 is 15.6 Å². The lowest BCUT2D eigenvalue weighted by molar-refractivity contribution is -0.161. The van der Waals surface area contributed by atoms with E-state index < -0.39 is 97.5 Å². The minimum atomic E-state index is -4.96. The minimum Gasteiger partial charge on any atom is -0.462 e. The van der Waals surface area contributed by atoms with E-state index in [0.717, 1.165) is 115 Å². The third kappa shape index (κ3) is 69.0. The first-order valence-electron chi connectivity index (χ1n) is 39.2. The van der Waals surface area contributed by atoms with Crippen molar-refractivity contribution in [2.24, 2.45) is 23.7 Å². The molecule has 4 unspecified atom stereocenters. The number of hydrogen-bond acceptors (Lipinski definition) is 15. The summed E-state index contributed by atoms with van der Waals surface area (Å²) in [6, 6.07) is 0. The highest BCUT2D eigenvalue weighted by atomic mass is 31.2. The van der Waals surface area contributed by atoms with Crippen molar-refractivity contribution in [1.29, 1.82) is 0 Å². The number of phosphoric ester groups is 2. The largest absolute Gasteiger partial charge is 0.472 e. The zero-order valence-electron chi connectivity index (χ0n) is 62.3. The van der Waals surface area contributed by atoms with Crippen LogP contribution < -0.4 is 0 Å². The number of phosphoric acid groups is 2. The van der Waals surface area contributed by atoms with Crippen LogP contribution in [0.25, 0.3) is 0 Å². The second kappa shape index (κ2) is 65.4. The van der Waals surface area contributed by atoms with Crippen molar-refractivity contribution in [1.82, 2.24) is 0 Å². The van der Waals surface area contributed by atoms with Gasteiger partial charge in [0.25, 0.3) is 0 Å². The second-order valence-corrected chi connectivity index (χ2v) is 32.0. The Balaban J connectivity index is 5.18. The van der Waals surface area contributed by atoms with E-state index in [9.17, 15) is 43.2 Å². The van der Waals surface area contributed by atoms with Gasteiger partial charge in [0.1, 0.15) is 19.3 Å². The third-order valence-electron chi connectivity index (χ3n) is 17.9. The van der Waals surface area contributed by atoms with Gasteiger partial charge in [0.2, 0.25) is 0 Å². The molecule has 0 aromatic rings. The van der Waals surface area contributed by atoms with Gasteiger partial charge in [-0.15, -0.1) is 0 Å². The van der Waals surface area contributed by atoms with Crippen LogP contribution in [0.5, 0.6) is 0 Å². The average Bonchev–Trinajstić information content (AvgIpc) is 1.33. The van der Waals surface area contributed by atoms with Crippen LogP contribution in [0, 0.1) is 23.7 Å². The van der Waals surface area contributed by atoms with Gasteiger partial charge in [-0.05, 0) is 49.4 Å².